The first-order chi connectivity index (χ1) is 12.3. The zero-order chi connectivity index (χ0) is 17.3. The fraction of sp³-hybridized carbons (Fsp3) is 0.455. The maximum Gasteiger partial charge on any atom is 0.0360 e. The molecule has 0 saturated carbocycles. The number of benzene rings is 2. The van der Waals surface area contributed by atoms with Crippen LogP contribution in [0.2, 0.25) is 0 Å². The van der Waals surface area contributed by atoms with Crippen LogP contribution in [0.15, 0.2) is 60.7 Å². The molecule has 1 aliphatic rings. The van der Waals surface area contributed by atoms with E-state index >= 15 is 0 Å². The molecule has 0 aromatic heterocycles. The quantitative estimate of drug-likeness (QED) is 0.746. The third-order valence-corrected chi connectivity index (χ3v) is 5.12. The van der Waals surface area contributed by atoms with Crippen molar-refractivity contribution in [3.63, 3.8) is 0 Å². The fourth-order valence-electron chi connectivity index (χ4n) is 3.49. The standard InChI is InChI=1S/C22H31N3/c1-24-15-17-25(18-16-24)14-8-13-23-22(21-11-6-3-7-12-21)19-20-9-4-2-5-10-20/h2-7,9-12,22-23H,8,13-19H2,1H3/t22-/m1/s1. The topological polar surface area (TPSA) is 18.5 Å². The van der Waals surface area contributed by atoms with Crippen LogP contribution in [-0.2, 0) is 6.42 Å². The molecule has 0 aliphatic carbocycles. The van der Waals surface area contributed by atoms with Crippen molar-refractivity contribution in [2.75, 3.05) is 46.3 Å². The van der Waals surface area contributed by atoms with E-state index in [1.54, 1.807) is 0 Å². The third kappa shape index (κ3) is 5.96. The van der Waals surface area contributed by atoms with E-state index in [-0.39, 0.29) is 0 Å². The summed E-state index contributed by atoms with van der Waals surface area (Å²) >= 11 is 0. The highest BCUT2D eigenvalue weighted by Crippen LogP contribution is 2.18. The summed E-state index contributed by atoms with van der Waals surface area (Å²) in [6, 6.07) is 22.0. The first kappa shape index (κ1) is 18.1. The Hall–Kier alpha value is -1.68. The Morgan fingerprint density at radius 2 is 1.52 bits per heavy atom. The van der Waals surface area contributed by atoms with E-state index in [1.165, 1.54) is 50.3 Å². The summed E-state index contributed by atoms with van der Waals surface area (Å²) in [5.74, 6) is 0. The molecular weight excluding hydrogens is 306 g/mol. The molecule has 134 valence electrons. The summed E-state index contributed by atoms with van der Waals surface area (Å²) in [5.41, 5.74) is 2.77. The van der Waals surface area contributed by atoms with Gasteiger partial charge in [0.2, 0.25) is 0 Å². The van der Waals surface area contributed by atoms with Gasteiger partial charge in [0.1, 0.15) is 0 Å². The van der Waals surface area contributed by atoms with E-state index in [4.69, 9.17) is 0 Å². The van der Waals surface area contributed by atoms with Crippen LogP contribution >= 0.6 is 0 Å². The molecule has 0 spiro atoms. The van der Waals surface area contributed by atoms with E-state index in [9.17, 15) is 0 Å². The fourth-order valence-corrected chi connectivity index (χ4v) is 3.49. The Kier molecular flexibility index (Phi) is 7.04. The molecule has 25 heavy (non-hydrogen) atoms. The predicted molar refractivity (Wildman–Crippen MR) is 106 cm³/mol. The largest absolute Gasteiger partial charge is 0.310 e. The van der Waals surface area contributed by atoms with E-state index in [0.717, 1.165) is 13.0 Å². The van der Waals surface area contributed by atoms with Gasteiger partial charge in [-0.05, 0) is 44.1 Å². The summed E-state index contributed by atoms with van der Waals surface area (Å²) in [5, 5.41) is 3.80. The molecule has 1 heterocycles. The minimum absolute atomic E-state index is 0.385. The maximum atomic E-state index is 3.80. The number of hydrogen-bond acceptors (Lipinski definition) is 3. The van der Waals surface area contributed by atoms with Crippen LogP contribution in [0.4, 0.5) is 0 Å². The molecule has 1 aliphatic heterocycles. The lowest BCUT2D eigenvalue weighted by Gasteiger charge is -2.32. The average molecular weight is 338 g/mol. The summed E-state index contributed by atoms with van der Waals surface area (Å²) in [6.45, 7) is 7.10. The van der Waals surface area contributed by atoms with Gasteiger partial charge in [-0.1, -0.05) is 60.7 Å². The first-order valence-corrected chi connectivity index (χ1v) is 9.54. The number of piperazine rings is 1. The lowest BCUT2D eigenvalue weighted by Crippen LogP contribution is -2.45. The normalized spacial score (nSPS) is 17.5. The number of rotatable bonds is 8. The predicted octanol–water partition coefficient (Wildman–Crippen LogP) is 3.20. The van der Waals surface area contributed by atoms with Crippen LogP contribution in [0.5, 0.6) is 0 Å². The van der Waals surface area contributed by atoms with Gasteiger partial charge in [-0.2, -0.15) is 0 Å². The minimum atomic E-state index is 0.385. The zero-order valence-electron chi connectivity index (χ0n) is 15.4. The summed E-state index contributed by atoms with van der Waals surface area (Å²) in [6.07, 6.45) is 2.25. The molecule has 2 aromatic carbocycles. The van der Waals surface area contributed by atoms with Crippen molar-refractivity contribution < 1.29 is 0 Å². The first-order valence-electron chi connectivity index (χ1n) is 9.54. The highest BCUT2D eigenvalue weighted by atomic mass is 15.2. The van der Waals surface area contributed by atoms with Crippen molar-refractivity contribution in [2.24, 2.45) is 0 Å². The molecule has 3 rings (SSSR count). The third-order valence-electron chi connectivity index (χ3n) is 5.12. The van der Waals surface area contributed by atoms with Gasteiger partial charge in [0.25, 0.3) is 0 Å². The van der Waals surface area contributed by atoms with Gasteiger partial charge in [-0.3, -0.25) is 0 Å². The average Bonchev–Trinajstić information content (AvgIpc) is 2.67. The van der Waals surface area contributed by atoms with Crippen molar-refractivity contribution in [3.05, 3.63) is 71.8 Å². The molecule has 2 aromatic rings. The van der Waals surface area contributed by atoms with Crippen LogP contribution in [0.3, 0.4) is 0 Å². The summed E-state index contributed by atoms with van der Waals surface area (Å²) in [7, 11) is 2.22. The smallest absolute Gasteiger partial charge is 0.0360 e. The highest BCUT2D eigenvalue weighted by Gasteiger charge is 2.14. The lowest BCUT2D eigenvalue weighted by molar-refractivity contribution is 0.152. The monoisotopic (exact) mass is 337 g/mol. The van der Waals surface area contributed by atoms with Gasteiger partial charge < -0.3 is 15.1 Å². The lowest BCUT2D eigenvalue weighted by atomic mass is 9.99. The van der Waals surface area contributed by atoms with Gasteiger partial charge in [0.05, 0.1) is 0 Å². The van der Waals surface area contributed by atoms with Crippen LogP contribution < -0.4 is 5.32 Å². The molecule has 1 N–H and O–H groups in total. The minimum Gasteiger partial charge on any atom is -0.310 e. The summed E-state index contributed by atoms with van der Waals surface area (Å²) in [4.78, 5) is 5.01. The second kappa shape index (κ2) is 9.71. The van der Waals surface area contributed by atoms with Crippen LogP contribution in [-0.4, -0.2) is 56.1 Å². The molecular formula is C22H31N3. The van der Waals surface area contributed by atoms with E-state index < -0.39 is 0 Å². The molecule has 0 unspecified atom stereocenters. The molecule has 0 radical (unpaired) electrons. The number of nitrogens with zero attached hydrogens (tertiary/aromatic N) is 2. The Morgan fingerprint density at radius 3 is 2.20 bits per heavy atom. The molecule has 3 nitrogen and oxygen atoms in total. The van der Waals surface area contributed by atoms with E-state index in [0.29, 0.717) is 6.04 Å². The van der Waals surface area contributed by atoms with Gasteiger partial charge in [0, 0.05) is 32.2 Å². The van der Waals surface area contributed by atoms with Gasteiger partial charge in [0.15, 0.2) is 0 Å². The van der Waals surface area contributed by atoms with Crippen LogP contribution in [0.25, 0.3) is 0 Å². The highest BCUT2D eigenvalue weighted by molar-refractivity contribution is 5.23. The number of likely N-dealkylation sites (N-methyl/N-ethyl adjacent to an activating group) is 1. The van der Waals surface area contributed by atoms with Crippen molar-refractivity contribution >= 4 is 0 Å². The van der Waals surface area contributed by atoms with Gasteiger partial charge in [-0.15, -0.1) is 0 Å². The van der Waals surface area contributed by atoms with E-state index in [2.05, 4.69) is 82.8 Å². The Balaban J connectivity index is 1.50. The number of nitrogens with one attached hydrogen (secondary N) is 1. The molecule has 0 amide bonds. The van der Waals surface area contributed by atoms with Gasteiger partial charge >= 0.3 is 0 Å². The Labute approximate surface area is 152 Å². The Morgan fingerprint density at radius 1 is 0.880 bits per heavy atom. The van der Waals surface area contributed by atoms with Crippen molar-refractivity contribution in [2.45, 2.75) is 18.9 Å². The second-order valence-electron chi connectivity index (χ2n) is 7.11. The molecule has 3 heteroatoms. The molecule has 1 atom stereocenters. The summed E-state index contributed by atoms with van der Waals surface area (Å²) < 4.78 is 0. The van der Waals surface area contributed by atoms with Crippen molar-refractivity contribution in [1.29, 1.82) is 0 Å². The number of hydrogen-bond donors (Lipinski definition) is 1. The SMILES string of the molecule is CN1CCN(CCCN[C@H](Cc2ccccc2)c2ccccc2)CC1. The molecule has 1 saturated heterocycles. The maximum absolute atomic E-state index is 3.80. The van der Waals surface area contributed by atoms with Crippen molar-refractivity contribution in [1.82, 2.24) is 15.1 Å². The van der Waals surface area contributed by atoms with E-state index in [1.807, 2.05) is 0 Å². The van der Waals surface area contributed by atoms with Crippen LogP contribution in [0, 0.1) is 0 Å². The van der Waals surface area contributed by atoms with Gasteiger partial charge in [-0.25, -0.2) is 0 Å². The Bertz CT molecular complexity index is 591. The van der Waals surface area contributed by atoms with Crippen LogP contribution in [0.1, 0.15) is 23.6 Å². The second-order valence-corrected chi connectivity index (χ2v) is 7.11. The zero-order valence-corrected chi connectivity index (χ0v) is 15.4. The van der Waals surface area contributed by atoms with Crippen molar-refractivity contribution in [3.8, 4) is 0 Å². The molecule has 1 fully saturated rings. The molecule has 0 bridgehead atoms.